The molecule has 1 aromatic rings. The Morgan fingerprint density at radius 1 is 1.50 bits per heavy atom. The van der Waals surface area contributed by atoms with Gasteiger partial charge in [-0.05, 0) is 23.8 Å². The van der Waals surface area contributed by atoms with Gasteiger partial charge in [-0.25, -0.2) is 0 Å². The van der Waals surface area contributed by atoms with Gasteiger partial charge in [-0.15, -0.1) is 11.8 Å². The Kier molecular flexibility index (Phi) is 7.93. The maximum Gasteiger partial charge on any atom is 0.0587 e. The molecular weight excluding hydrogens is 314 g/mol. The van der Waals surface area contributed by atoms with E-state index in [-0.39, 0.29) is 11.9 Å². The highest BCUT2D eigenvalue weighted by Gasteiger charge is 2.08. The second-order valence-corrected chi connectivity index (χ2v) is 6.43. The predicted molar refractivity (Wildman–Crippen MR) is 80.1 cm³/mol. The SMILES string of the molecule is COCCNCc1cc(Br)ccc1SC(C)CO. The van der Waals surface area contributed by atoms with Gasteiger partial charge in [0.2, 0.25) is 0 Å². The van der Waals surface area contributed by atoms with Crippen LogP contribution in [0.2, 0.25) is 0 Å². The van der Waals surface area contributed by atoms with Gasteiger partial charge >= 0.3 is 0 Å². The van der Waals surface area contributed by atoms with Gasteiger partial charge in [0.05, 0.1) is 13.2 Å². The first-order chi connectivity index (χ1) is 8.67. The number of rotatable bonds is 8. The zero-order valence-corrected chi connectivity index (χ0v) is 13.2. The molecule has 0 radical (unpaired) electrons. The van der Waals surface area contributed by atoms with Crippen LogP contribution in [-0.2, 0) is 11.3 Å². The maximum absolute atomic E-state index is 9.13. The summed E-state index contributed by atoms with van der Waals surface area (Å²) in [4.78, 5) is 1.21. The summed E-state index contributed by atoms with van der Waals surface area (Å²) < 4.78 is 6.08. The monoisotopic (exact) mass is 333 g/mol. The Hall–Kier alpha value is -0.0700. The Morgan fingerprint density at radius 2 is 2.28 bits per heavy atom. The molecule has 18 heavy (non-hydrogen) atoms. The van der Waals surface area contributed by atoms with Crippen LogP contribution >= 0.6 is 27.7 Å². The fourth-order valence-electron chi connectivity index (χ4n) is 1.45. The van der Waals surface area contributed by atoms with Gasteiger partial charge in [-0.2, -0.15) is 0 Å². The maximum atomic E-state index is 9.13. The highest BCUT2D eigenvalue weighted by Crippen LogP contribution is 2.29. The number of methoxy groups -OCH3 is 1. The van der Waals surface area contributed by atoms with Crippen LogP contribution in [0.25, 0.3) is 0 Å². The number of halogens is 1. The highest BCUT2D eigenvalue weighted by molar-refractivity contribution is 9.10. The number of hydrogen-bond acceptors (Lipinski definition) is 4. The van der Waals surface area contributed by atoms with Crippen molar-refractivity contribution in [3.63, 3.8) is 0 Å². The van der Waals surface area contributed by atoms with Crippen molar-refractivity contribution < 1.29 is 9.84 Å². The fraction of sp³-hybridized carbons (Fsp3) is 0.538. The molecule has 1 aromatic carbocycles. The lowest BCUT2D eigenvalue weighted by Gasteiger charge is -2.13. The van der Waals surface area contributed by atoms with E-state index in [0.717, 1.165) is 17.6 Å². The number of benzene rings is 1. The van der Waals surface area contributed by atoms with Gasteiger partial charge in [-0.3, -0.25) is 0 Å². The largest absolute Gasteiger partial charge is 0.395 e. The van der Waals surface area contributed by atoms with E-state index in [0.29, 0.717) is 6.61 Å². The van der Waals surface area contributed by atoms with Crippen LogP contribution in [0.15, 0.2) is 27.6 Å². The van der Waals surface area contributed by atoms with E-state index in [9.17, 15) is 0 Å². The standard InChI is InChI=1S/C13H20BrNO2S/c1-10(9-16)18-13-4-3-12(14)7-11(13)8-15-5-6-17-2/h3-4,7,10,15-16H,5-6,8-9H2,1-2H3. The Labute approximate surface area is 121 Å². The second-order valence-electron chi connectivity index (χ2n) is 4.03. The molecule has 3 nitrogen and oxygen atoms in total. The van der Waals surface area contributed by atoms with E-state index < -0.39 is 0 Å². The number of aliphatic hydroxyl groups excluding tert-OH is 1. The van der Waals surface area contributed by atoms with E-state index in [1.54, 1.807) is 18.9 Å². The summed E-state index contributed by atoms with van der Waals surface area (Å²) in [6.45, 7) is 4.57. The molecule has 0 aliphatic rings. The lowest BCUT2D eigenvalue weighted by molar-refractivity contribution is 0.199. The average Bonchev–Trinajstić information content (AvgIpc) is 2.37. The van der Waals surface area contributed by atoms with Gasteiger partial charge in [0.15, 0.2) is 0 Å². The number of thioether (sulfide) groups is 1. The first kappa shape index (κ1) is 16.0. The normalized spacial score (nSPS) is 12.7. The molecule has 102 valence electrons. The van der Waals surface area contributed by atoms with Crippen molar-refractivity contribution in [1.82, 2.24) is 5.32 Å². The molecule has 0 fully saturated rings. The average molecular weight is 334 g/mol. The summed E-state index contributed by atoms with van der Waals surface area (Å²) in [5.41, 5.74) is 1.24. The van der Waals surface area contributed by atoms with E-state index in [1.807, 2.05) is 13.0 Å². The van der Waals surface area contributed by atoms with E-state index in [1.165, 1.54) is 10.5 Å². The molecule has 0 aliphatic heterocycles. The van der Waals surface area contributed by atoms with Crippen LogP contribution in [0.4, 0.5) is 0 Å². The summed E-state index contributed by atoms with van der Waals surface area (Å²) in [5, 5.41) is 12.7. The van der Waals surface area contributed by atoms with Crippen LogP contribution in [0, 0.1) is 0 Å². The smallest absolute Gasteiger partial charge is 0.0587 e. The van der Waals surface area contributed by atoms with Gasteiger partial charge < -0.3 is 15.2 Å². The number of ether oxygens (including phenoxy) is 1. The molecule has 0 spiro atoms. The summed E-state index contributed by atoms with van der Waals surface area (Å²) >= 11 is 5.19. The molecule has 0 amide bonds. The molecule has 1 atom stereocenters. The minimum Gasteiger partial charge on any atom is -0.395 e. The lowest BCUT2D eigenvalue weighted by atomic mass is 10.2. The summed E-state index contributed by atoms with van der Waals surface area (Å²) in [6, 6.07) is 6.24. The summed E-state index contributed by atoms with van der Waals surface area (Å²) in [5.74, 6) is 0. The summed E-state index contributed by atoms with van der Waals surface area (Å²) in [6.07, 6.45) is 0. The molecule has 0 saturated heterocycles. The molecule has 0 heterocycles. The molecule has 1 rings (SSSR count). The zero-order valence-electron chi connectivity index (χ0n) is 10.8. The molecule has 0 aliphatic carbocycles. The quantitative estimate of drug-likeness (QED) is 0.567. The van der Waals surface area contributed by atoms with Gasteiger partial charge in [0.25, 0.3) is 0 Å². The predicted octanol–water partition coefficient (Wildman–Crippen LogP) is 2.66. The topological polar surface area (TPSA) is 41.5 Å². The Morgan fingerprint density at radius 3 is 2.94 bits per heavy atom. The molecular formula is C13H20BrNO2S. The van der Waals surface area contributed by atoms with Gasteiger partial charge in [0, 0.05) is 34.8 Å². The van der Waals surface area contributed by atoms with E-state index in [2.05, 4.69) is 33.4 Å². The molecule has 1 unspecified atom stereocenters. The van der Waals surface area contributed by atoms with Crippen LogP contribution < -0.4 is 5.32 Å². The van der Waals surface area contributed by atoms with E-state index >= 15 is 0 Å². The lowest BCUT2D eigenvalue weighted by Crippen LogP contribution is -2.19. The van der Waals surface area contributed by atoms with Crippen molar-refractivity contribution in [2.75, 3.05) is 26.9 Å². The highest BCUT2D eigenvalue weighted by atomic mass is 79.9. The fourth-order valence-corrected chi connectivity index (χ4v) is 2.80. The molecule has 2 N–H and O–H groups in total. The molecule has 0 bridgehead atoms. The minimum atomic E-state index is 0.192. The van der Waals surface area contributed by atoms with Crippen molar-refractivity contribution in [3.05, 3.63) is 28.2 Å². The van der Waals surface area contributed by atoms with Crippen LogP contribution in [0.5, 0.6) is 0 Å². The third kappa shape index (κ3) is 5.71. The van der Waals surface area contributed by atoms with Crippen molar-refractivity contribution in [3.8, 4) is 0 Å². The number of hydrogen-bond donors (Lipinski definition) is 2. The van der Waals surface area contributed by atoms with Crippen LogP contribution in [0.3, 0.4) is 0 Å². The third-order valence-corrected chi connectivity index (χ3v) is 4.10. The van der Waals surface area contributed by atoms with Crippen molar-refractivity contribution in [2.45, 2.75) is 23.6 Å². The Bertz CT molecular complexity index is 363. The molecule has 0 saturated carbocycles. The number of aliphatic hydroxyl groups is 1. The minimum absolute atomic E-state index is 0.192. The van der Waals surface area contributed by atoms with Gasteiger partial charge in [-0.1, -0.05) is 22.9 Å². The van der Waals surface area contributed by atoms with Crippen molar-refractivity contribution in [2.24, 2.45) is 0 Å². The first-order valence-electron chi connectivity index (χ1n) is 5.93. The third-order valence-electron chi connectivity index (χ3n) is 2.41. The van der Waals surface area contributed by atoms with Crippen molar-refractivity contribution >= 4 is 27.7 Å². The first-order valence-corrected chi connectivity index (χ1v) is 7.60. The van der Waals surface area contributed by atoms with E-state index in [4.69, 9.17) is 9.84 Å². The second kappa shape index (κ2) is 8.93. The molecule has 0 aromatic heterocycles. The van der Waals surface area contributed by atoms with Gasteiger partial charge in [0.1, 0.15) is 0 Å². The Balaban J connectivity index is 2.64. The van der Waals surface area contributed by atoms with Crippen LogP contribution in [0.1, 0.15) is 12.5 Å². The molecule has 5 heteroatoms. The van der Waals surface area contributed by atoms with Crippen molar-refractivity contribution in [1.29, 1.82) is 0 Å². The number of nitrogens with one attached hydrogen (secondary N) is 1. The summed E-state index contributed by atoms with van der Waals surface area (Å²) in [7, 11) is 1.70. The van der Waals surface area contributed by atoms with Crippen LogP contribution in [-0.4, -0.2) is 37.2 Å². The zero-order chi connectivity index (χ0) is 13.4.